The van der Waals surface area contributed by atoms with E-state index in [1.807, 2.05) is 0 Å². The second-order valence-corrected chi connectivity index (χ2v) is 3.60. The van der Waals surface area contributed by atoms with Gasteiger partial charge < -0.3 is 19.5 Å². The molecule has 2 rings (SSSR count). The van der Waals surface area contributed by atoms with Crippen LogP contribution in [0.1, 0.15) is 24.2 Å². The third kappa shape index (κ3) is 2.40. The van der Waals surface area contributed by atoms with E-state index in [0.29, 0.717) is 0 Å². The predicted molar refractivity (Wildman–Crippen MR) is 44.6 cm³/mol. The zero-order valence-electron chi connectivity index (χ0n) is 8.39. The number of aliphatic hydroxyl groups is 2. The zero-order valence-corrected chi connectivity index (χ0v) is 8.39. The fourth-order valence-electron chi connectivity index (χ4n) is 1.54. The molecule has 0 radical (unpaired) electrons. The molecule has 0 aromatic carbocycles. The van der Waals surface area contributed by atoms with Gasteiger partial charge >= 0.3 is 12.1 Å². The molecule has 0 aliphatic carbocycles. The Morgan fingerprint density at radius 3 is 2.59 bits per heavy atom. The third-order valence-corrected chi connectivity index (χ3v) is 2.38. The smallest absolute Gasteiger partial charge is 0.394 e. The molecule has 1 saturated heterocycles. The van der Waals surface area contributed by atoms with Crippen LogP contribution in [0.5, 0.6) is 0 Å². The summed E-state index contributed by atoms with van der Waals surface area (Å²) in [5, 5.41) is 21.3. The van der Waals surface area contributed by atoms with Crippen LogP contribution in [0.15, 0.2) is 4.52 Å². The van der Waals surface area contributed by atoms with E-state index in [1.54, 1.807) is 0 Å². The highest BCUT2D eigenvalue weighted by atomic mass is 19.4. The molecule has 0 bridgehead atoms. The normalized spacial score (nSPS) is 29.8. The van der Waals surface area contributed by atoms with Gasteiger partial charge in [0, 0.05) is 6.42 Å². The summed E-state index contributed by atoms with van der Waals surface area (Å²) in [6.45, 7) is -0.429. The second kappa shape index (κ2) is 4.24. The van der Waals surface area contributed by atoms with Gasteiger partial charge in [-0.2, -0.15) is 18.2 Å². The van der Waals surface area contributed by atoms with Crippen molar-refractivity contribution >= 4 is 0 Å². The average molecular weight is 254 g/mol. The van der Waals surface area contributed by atoms with E-state index in [4.69, 9.17) is 9.84 Å². The summed E-state index contributed by atoms with van der Waals surface area (Å²) < 4.78 is 45.7. The number of hydrogen-bond acceptors (Lipinski definition) is 6. The van der Waals surface area contributed by atoms with Crippen LogP contribution in [-0.2, 0) is 10.9 Å². The summed E-state index contributed by atoms with van der Waals surface area (Å²) in [6, 6.07) is 0. The summed E-state index contributed by atoms with van der Waals surface area (Å²) in [4.78, 5) is 3.15. The minimum absolute atomic E-state index is 0.0159. The van der Waals surface area contributed by atoms with Gasteiger partial charge in [0.05, 0.1) is 12.7 Å². The highest BCUT2D eigenvalue weighted by Crippen LogP contribution is 2.33. The van der Waals surface area contributed by atoms with Crippen LogP contribution >= 0.6 is 0 Å². The van der Waals surface area contributed by atoms with Crippen molar-refractivity contribution in [1.29, 1.82) is 0 Å². The molecule has 96 valence electrons. The van der Waals surface area contributed by atoms with Crippen molar-refractivity contribution < 1.29 is 32.6 Å². The highest BCUT2D eigenvalue weighted by molar-refractivity contribution is 4.98. The number of rotatable bonds is 2. The Morgan fingerprint density at radius 2 is 2.12 bits per heavy atom. The first-order valence-corrected chi connectivity index (χ1v) is 4.77. The summed E-state index contributed by atoms with van der Waals surface area (Å²) in [5.41, 5.74) is 0. The number of aromatic nitrogens is 2. The lowest BCUT2D eigenvalue weighted by molar-refractivity contribution is -0.159. The van der Waals surface area contributed by atoms with Crippen molar-refractivity contribution in [3.63, 3.8) is 0 Å². The average Bonchev–Trinajstić information content (AvgIpc) is 2.82. The molecule has 1 aromatic heterocycles. The molecule has 3 atom stereocenters. The Balaban J connectivity index is 2.12. The van der Waals surface area contributed by atoms with E-state index in [0.717, 1.165) is 0 Å². The molecule has 17 heavy (non-hydrogen) atoms. The van der Waals surface area contributed by atoms with Crippen molar-refractivity contribution in [2.24, 2.45) is 0 Å². The zero-order chi connectivity index (χ0) is 12.6. The summed E-state index contributed by atoms with van der Waals surface area (Å²) >= 11 is 0. The fourth-order valence-corrected chi connectivity index (χ4v) is 1.54. The Bertz CT molecular complexity index is 394. The lowest BCUT2D eigenvalue weighted by atomic mass is 10.1. The molecule has 9 heteroatoms. The second-order valence-electron chi connectivity index (χ2n) is 3.60. The number of aliphatic hydroxyl groups excluding tert-OH is 2. The maximum atomic E-state index is 12.2. The summed E-state index contributed by atoms with van der Waals surface area (Å²) in [7, 11) is 0. The van der Waals surface area contributed by atoms with Gasteiger partial charge in [0.2, 0.25) is 5.82 Å². The van der Waals surface area contributed by atoms with Crippen molar-refractivity contribution in [3.05, 3.63) is 11.7 Å². The van der Waals surface area contributed by atoms with E-state index in [-0.39, 0.29) is 12.2 Å². The summed E-state index contributed by atoms with van der Waals surface area (Å²) in [6.07, 6.45) is -7.39. The van der Waals surface area contributed by atoms with E-state index in [9.17, 15) is 18.3 Å². The lowest BCUT2D eigenvalue weighted by Crippen LogP contribution is -2.24. The van der Waals surface area contributed by atoms with Crippen molar-refractivity contribution in [1.82, 2.24) is 10.1 Å². The van der Waals surface area contributed by atoms with Crippen LogP contribution in [0.2, 0.25) is 0 Å². The molecule has 0 saturated carbocycles. The van der Waals surface area contributed by atoms with Crippen molar-refractivity contribution in [2.45, 2.75) is 30.9 Å². The number of ether oxygens (including phenoxy) is 1. The van der Waals surface area contributed by atoms with Crippen molar-refractivity contribution in [3.8, 4) is 0 Å². The fraction of sp³-hybridized carbons (Fsp3) is 0.750. The number of alkyl halides is 3. The van der Waals surface area contributed by atoms with Gasteiger partial charge in [0.15, 0.2) is 0 Å². The van der Waals surface area contributed by atoms with E-state index in [1.165, 1.54) is 0 Å². The molecule has 6 nitrogen and oxygen atoms in total. The molecule has 0 amide bonds. The number of nitrogens with zero attached hydrogens (tertiary/aromatic N) is 2. The van der Waals surface area contributed by atoms with E-state index in [2.05, 4.69) is 14.7 Å². The van der Waals surface area contributed by atoms with Gasteiger partial charge in [-0.25, -0.2) is 0 Å². The van der Waals surface area contributed by atoms with Gasteiger partial charge in [0.25, 0.3) is 0 Å². The number of hydrogen-bond donors (Lipinski definition) is 2. The lowest BCUT2D eigenvalue weighted by Gasteiger charge is -2.09. The first-order valence-electron chi connectivity index (χ1n) is 4.77. The molecule has 1 aliphatic heterocycles. The molecule has 1 fully saturated rings. The van der Waals surface area contributed by atoms with Crippen molar-refractivity contribution in [2.75, 3.05) is 6.61 Å². The molecule has 0 spiro atoms. The molecular weight excluding hydrogens is 245 g/mol. The molecule has 2 heterocycles. The minimum Gasteiger partial charge on any atom is -0.394 e. The largest absolute Gasteiger partial charge is 0.471 e. The monoisotopic (exact) mass is 254 g/mol. The first-order chi connectivity index (χ1) is 7.91. The van der Waals surface area contributed by atoms with Gasteiger partial charge in [-0.15, -0.1) is 0 Å². The van der Waals surface area contributed by atoms with Crippen LogP contribution in [0, 0.1) is 0 Å². The molecule has 0 unspecified atom stereocenters. The molecule has 2 N–H and O–H groups in total. The molecule has 1 aromatic rings. The summed E-state index contributed by atoms with van der Waals surface area (Å²) in [5.74, 6) is -1.75. The van der Waals surface area contributed by atoms with Gasteiger partial charge in [-0.1, -0.05) is 5.16 Å². The SMILES string of the molecule is OC[C@H]1O[C@@H](c2noc(C(F)(F)F)n2)C[C@@H]1O. The standard InChI is InChI=1S/C8H9F3N2O4/c9-8(10,11)7-12-6(13-17-7)4-1-3(15)5(2-14)16-4/h3-5,14-15H,1-2H2/t3-,4+,5+/m0/s1. The number of halogens is 3. The first kappa shape index (κ1) is 12.3. The minimum atomic E-state index is -4.71. The van der Waals surface area contributed by atoms with Crippen LogP contribution in [0.4, 0.5) is 13.2 Å². The van der Waals surface area contributed by atoms with Gasteiger partial charge in [-0.3, -0.25) is 0 Å². The van der Waals surface area contributed by atoms with Gasteiger partial charge in [0.1, 0.15) is 12.2 Å². The third-order valence-electron chi connectivity index (χ3n) is 2.38. The Morgan fingerprint density at radius 1 is 1.41 bits per heavy atom. The Hall–Kier alpha value is -1.19. The highest BCUT2D eigenvalue weighted by Gasteiger charge is 2.42. The van der Waals surface area contributed by atoms with Crippen LogP contribution in [-0.4, -0.2) is 39.2 Å². The predicted octanol–water partition coefficient (Wildman–Crippen LogP) is 0.272. The van der Waals surface area contributed by atoms with Crippen LogP contribution in [0.25, 0.3) is 0 Å². The quantitative estimate of drug-likeness (QED) is 0.787. The maximum absolute atomic E-state index is 12.2. The van der Waals surface area contributed by atoms with Crippen LogP contribution < -0.4 is 0 Å². The van der Waals surface area contributed by atoms with Crippen LogP contribution in [0.3, 0.4) is 0 Å². The molecule has 1 aliphatic rings. The molecular formula is C8H9F3N2O4. The van der Waals surface area contributed by atoms with E-state index >= 15 is 0 Å². The maximum Gasteiger partial charge on any atom is 0.471 e. The Labute approximate surface area is 93.0 Å². The Kier molecular flexibility index (Phi) is 3.06. The topological polar surface area (TPSA) is 88.6 Å². The van der Waals surface area contributed by atoms with Gasteiger partial charge in [-0.05, 0) is 0 Å². The van der Waals surface area contributed by atoms with E-state index < -0.39 is 37.0 Å².